The molecule has 79 heavy (non-hydrogen) atoms. The number of nitrogens with two attached hydrogens (primary N) is 1. The molecule has 3 saturated heterocycles. The molecule has 0 spiro atoms. The Balaban J connectivity index is 1.28. The van der Waals surface area contributed by atoms with Gasteiger partial charge in [-0.15, -0.1) is 0 Å². The van der Waals surface area contributed by atoms with Crippen LogP contribution in [0, 0.1) is 34.3 Å². The number of carbonyl (C=O) groups is 4. The second kappa shape index (κ2) is 26.3. The van der Waals surface area contributed by atoms with Crippen molar-refractivity contribution < 1.29 is 69.2 Å². The second-order valence-corrected chi connectivity index (χ2v) is 21.1. The maximum absolute atomic E-state index is 16.0. The zero-order valence-electron chi connectivity index (χ0n) is 44.7. The van der Waals surface area contributed by atoms with Gasteiger partial charge in [-0.1, -0.05) is 44.7 Å². The number of nitrogens with zero attached hydrogens (tertiary/aromatic N) is 6. The van der Waals surface area contributed by atoms with Crippen molar-refractivity contribution in [2.24, 2.45) is 21.6 Å². The quantitative estimate of drug-likeness (QED) is 0.0384. The number of rotatable bonds is 20. The minimum atomic E-state index is -5.09. The van der Waals surface area contributed by atoms with Crippen LogP contribution in [0.1, 0.15) is 75.3 Å². The summed E-state index contributed by atoms with van der Waals surface area (Å²) >= 11 is 0. The van der Waals surface area contributed by atoms with Crippen molar-refractivity contribution in [3.05, 3.63) is 94.3 Å². The Hall–Kier alpha value is -7.08. The summed E-state index contributed by atoms with van der Waals surface area (Å²) in [6.45, 7) is 6.66. The van der Waals surface area contributed by atoms with Gasteiger partial charge in [-0.2, -0.15) is 13.2 Å². The third-order valence-electron chi connectivity index (χ3n) is 13.9. The number of alkyl carbamates (subject to hydrolysis) is 2. The molecule has 26 heteroatoms. The highest BCUT2D eigenvalue weighted by molar-refractivity contribution is 5.87. The van der Waals surface area contributed by atoms with Crippen molar-refractivity contribution in [3.8, 4) is 11.8 Å². The van der Waals surface area contributed by atoms with Gasteiger partial charge in [0, 0.05) is 79.3 Å². The lowest BCUT2D eigenvalue weighted by Crippen LogP contribution is -2.63. The zero-order chi connectivity index (χ0) is 58.0. The number of hydrogen-bond donors (Lipinski definition) is 6. The van der Waals surface area contributed by atoms with Gasteiger partial charge in [0.25, 0.3) is 12.3 Å². The van der Waals surface area contributed by atoms with E-state index in [1.54, 1.807) is 57.4 Å². The van der Waals surface area contributed by atoms with E-state index in [1.807, 2.05) is 5.32 Å². The molecule has 2 unspecified atom stereocenters. The highest BCUT2D eigenvalue weighted by Gasteiger charge is 2.56. The summed E-state index contributed by atoms with van der Waals surface area (Å²) in [7, 11) is 1.92. The van der Waals surface area contributed by atoms with E-state index in [-0.39, 0.29) is 17.7 Å². The van der Waals surface area contributed by atoms with Crippen LogP contribution in [0.3, 0.4) is 0 Å². The number of aliphatic hydroxyl groups is 1. The molecule has 0 saturated carbocycles. The summed E-state index contributed by atoms with van der Waals surface area (Å²) in [4.78, 5) is 70.4. The van der Waals surface area contributed by atoms with Crippen LogP contribution in [0.25, 0.3) is 5.70 Å². The number of aromatic nitrogens is 2. The fraction of sp³-hybridized carbons (Fsp3) is 0.528. The number of halogens is 7. The van der Waals surface area contributed by atoms with Crippen molar-refractivity contribution in [3.63, 3.8) is 0 Å². The van der Waals surface area contributed by atoms with E-state index in [1.165, 1.54) is 0 Å². The minimum absolute atomic E-state index is 0.223. The smallest absolute Gasteiger partial charge is 0.407 e. The summed E-state index contributed by atoms with van der Waals surface area (Å²) in [5.74, 6) is 1.80. The molecule has 4 heterocycles. The molecule has 1 aromatic heterocycles. The van der Waals surface area contributed by atoms with E-state index >= 15 is 8.78 Å². The van der Waals surface area contributed by atoms with Crippen LogP contribution in [-0.4, -0.2) is 164 Å². The fourth-order valence-electron chi connectivity index (χ4n) is 9.28. The average molecular weight is 1120 g/mol. The zero-order valence-corrected chi connectivity index (χ0v) is 44.7. The molecule has 19 nitrogen and oxygen atoms in total. The van der Waals surface area contributed by atoms with Gasteiger partial charge < -0.3 is 45.9 Å². The first-order valence-electron chi connectivity index (χ1n) is 25.2. The number of alkyl halides is 5. The molecule has 2 aromatic carbocycles. The van der Waals surface area contributed by atoms with Gasteiger partial charge in [-0.05, 0) is 74.4 Å². The molecule has 3 aliphatic heterocycles. The van der Waals surface area contributed by atoms with Crippen LogP contribution in [0.2, 0.25) is 0 Å². The number of aliphatic hydroxyl groups excluding tert-OH is 1. The third kappa shape index (κ3) is 16.0. The number of benzene rings is 2. The molecule has 0 aliphatic carbocycles. The SMILES string of the molecule is COC(=O)N[C@H](C(=O)NN(Cc1c(F)cc(C(N)=CC=NCC(F)F)cc1F)C[C@H](O)[C@H](Cc1ccc(C#Cc2cnc(N3CC4CCC(C3)N4C3COC3)nc2)cc1)NC(=O)[C@@H](NC(=O)OC)C(C)(C)C(F)(F)F)C(C)(C)C. The predicted octanol–water partition coefficient (Wildman–Crippen LogP) is 4.85. The predicted molar refractivity (Wildman–Crippen MR) is 276 cm³/mol. The number of amides is 4. The van der Waals surface area contributed by atoms with Gasteiger partial charge in [0.15, 0.2) is 0 Å². The van der Waals surface area contributed by atoms with Gasteiger partial charge >= 0.3 is 18.4 Å². The normalized spacial score (nSPS) is 18.7. The van der Waals surface area contributed by atoms with Crippen LogP contribution >= 0.6 is 0 Å². The van der Waals surface area contributed by atoms with Gasteiger partial charge in [-0.25, -0.2) is 42.1 Å². The van der Waals surface area contributed by atoms with Crippen LogP contribution < -0.4 is 32.0 Å². The van der Waals surface area contributed by atoms with E-state index in [4.69, 9.17) is 15.2 Å². The number of anilines is 1. The number of nitrogens with one attached hydrogen (secondary N) is 4. The van der Waals surface area contributed by atoms with Gasteiger partial charge in [-0.3, -0.25) is 24.9 Å². The molecule has 3 aliphatic rings. The summed E-state index contributed by atoms with van der Waals surface area (Å²) in [6.07, 6.45) is -5.07. The van der Waals surface area contributed by atoms with Crippen molar-refractivity contribution in [1.82, 2.24) is 41.3 Å². The maximum atomic E-state index is 16.0. The lowest BCUT2D eigenvalue weighted by Gasteiger charge is -2.47. The minimum Gasteiger partial charge on any atom is -0.453 e. The topological polar surface area (TPSA) is 238 Å². The number of hydrazine groups is 1. The number of carbonyl (C=O) groups excluding carboxylic acids is 4. The van der Waals surface area contributed by atoms with E-state index in [2.05, 4.69) is 57.4 Å². The first-order valence-corrected chi connectivity index (χ1v) is 25.2. The summed E-state index contributed by atoms with van der Waals surface area (Å²) in [5.41, 5.74) is 4.65. The fourth-order valence-corrected chi connectivity index (χ4v) is 9.28. The molecule has 6 rings (SSSR count). The molecule has 0 radical (unpaired) electrons. The van der Waals surface area contributed by atoms with Crippen molar-refractivity contribution >= 4 is 41.9 Å². The summed E-state index contributed by atoms with van der Waals surface area (Å²) in [5, 5.41) is 19.7. The van der Waals surface area contributed by atoms with Crippen molar-refractivity contribution in [2.75, 3.05) is 58.5 Å². The average Bonchev–Trinajstić information content (AvgIpc) is 3.95. The van der Waals surface area contributed by atoms with Crippen LogP contribution in [0.4, 0.5) is 46.3 Å². The summed E-state index contributed by atoms with van der Waals surface area (Å²) in [6, 6.07) is 3.93. The van der Waals surface area contributed by atoms with Crippen LogP contribution in [-0.2, 0) is 36.8 Å². The van der Waals surface area contributed by atoms with Crippen molar-refractivity contribution in [2.45, 2.75) is 115 Å². The highest BCUT2D eigenvalue weighted by atomic mass is 19.4. The lowest BCUT2D eigenvalue weighted by atomic mass is 9.82. The Morgan fingerprint density at radius 2 is 1.44 bits per heavy atom. The van der Waals surface area contributed by atoms with Crippen molar-refractivity contribution in [1.29, 1.82) is 0 Å². The number of methoxy groups -OCH3 is 2. The number of fused-ring (bicyclic) bond motifs is 2. The monoisotopic (exact) mass is 1120 g/mol. The highest BCUT2D eigenvalue weighted by Crippen LogP contribution is 2.41. The maximum Gasteiger partial charge on any atom is 0.407 e. The summed E-state index contributed by atoms with van der Waals surface area (Å²) < 4.78 is 116. The number of aliphatic imine (C=N–C) groups is 1. The van der Waals surface area contributed by atoms with E-state index in [0.717, 1.165) is 82.8 Å². The van der Waals surface area contributed by atoms with Crippen LogP contribution in [0.15, 0.2) is 59.9 Å². The largest absolute Gasteiger partial charge is 0.453 e. The Bertz CT molecular complexity index is 2710. The Morgan fingerprint density at radius 3 is 1.96 bits per heavy atom. The van der Waals surface area contributed by atoms with E-state index < -0.39 is 108 Å². The molecule has 3 aromatic rings. The molecular formula is C53H66F7N11O8. The lowest BCUT2D eigenvalue weighted by molar-refractivity contribution is -0.220. The Morgan fingerprint density at radius 1 is 0.873 bits per heavy atom. The number of piperazine rings is 1. The van der Waals surface area contributed by atoms with Gasteiger partial charge in [0.2, 0.25) is 11.9 Å². The van der Waals surface area contributed by atoms with E-state index in [9.17, 15) is 46.2 Å². The standard InChI is InChI=1S/C53H66F7N11O8/c1-51(2,3)44(66-49(75)77-6)47(74)68-70(26-37-38(54)19-33(20-39(37)55)40(61)16-17-62-23-43(56)57)27-42(72)41(65-46(73)45(67-50(76)78-7)52(4,5)53(58,59)60)18-31-11-8-30(9-12-31)10-13-32-21-63-48(64-22-32)69-24-34-14-15-35(25-69)71(34)36-28-79-29-36/h8-9,11-12,16-17,19-22,34-36,41-45,72H,14-15,18,23-29,61H2,1-7H3,(H,65,73)(H,66,75)(H,67,76)(H,68,74)/t34?,35?,41-,42-,44+,45+/m0/s1. The molecule has 3 fully saturated rings. The Labute approximate surface area is 452 Å². The molecule has 430 valence electrons. The number of hydrogen-bond acceptors (Lipinski definition) is 15. The van der Waals surface area contributed by atoms with E-state index in [0.29, 0.717) is 54.6 Å². The third-order valence-corrected chi connectivity index (χ3v) is 13.9. The first kappa shape index (κ1) is 61.1. The molecular weight excluding hydrogens is 1050 g/mol. The first-order chi connectivity index (χ1) is 37.2. The Kier molecular flexibility index (Phi) is 20.3. The second-order valence-electron chi connectivity index (χ2n) is 21.1. The number of ether oxygens (including phenoxy) is 3. The number of allylic oxidation sites excluding steroid dienone is 1. The molecule has 6 atom stereocenters. The van der Waals surface area contributed by atoms with Gasteiger partial charge in [0.05, 0.1) is 63.1 Å². The molecule has 4 amide bonds. The van der Waals surface area contributed by atoms with Gasteiger partial charge in [0.1, 0.15) is 23.7 Å². The molecule has 2 bridgehead atoms. The molecule has 7 N–H and O–H groups in total. The van der Waals surface area contributed by atoms with Crippen LogP contribution in [0.5, 0.6) is 0 Å².